The first-order chi connectivity index (χ1) is 7.76. The van der Waals surface area contributed by atoms with Crippen molar-refractivity contribution in [3.05, 3.63) is 24.8 Å². The molecule has 1 atom stereocenters. The van der Waals surface area contributed by atoms with Gasteiger partial charge in [-0.05, 0) is 31.5 Å². The van der Waals surface area contributed by atoms with E-state index in [0.717, 1.165) is 19.6 Å². The molecule has 2 heteroatoms. The van der Waals surface area contributed by atoms with Crippen molar-refractivity contribution in [2.24, 2.45) is 0 Å². The standard InChI is InChI=1S/C14H28N2/c1-5-8-10-15-12-13(4)14(7-3)16-11-9-6-2/h7,14-16H,3-6,8-12H2,1-2H3. The maximum absolute atomic E-state index is 4.11. The molecule has 0 radical (unpaired) electrons. The second kappa shape index (κ2) is 10.9. The van der Waals surface area contributed by atoms with Gasteiger partial charge in [0.1, 0.15) is 0 Å². The van der Waals surface area contributed by atoms with Gasteiger partial charge in [0.2, 0.25) is 0 Å². The third-order valence-electron chi connectivity index (χ3n) is 2.63. The summed E-state index contributed by atoms with van der Waals surface area (Å²) >= 11 is 0. The van der Waals surface area contributed by atoms with E-state index in [9.17, 15) is 0 Å². The van der Waals surface area contributed by atoms with Gasteiger partial charge in [-0.2, -0.15) is 0 Å². The molecule has 0 fully saturated rings. The van der Waals surface area contributed by atoms with Gasteiger partial charge < -0.3 is 10.6 Å². The zero-order chi connectivity index (χ0) is 12.2. The molecule has 0 aromatic heterocycles. The largest absolute Gasteiger partial charge is 0.313 e. The lowest BCUT2D eigenvalue weighted by Gasteiger charge is -2.18. The highest BCUT2D eigenvalue weighted by Crippen LogP contribution is 2.00. The van der Waals surface area contributed by atoms with Crippen LogP contribution in [-0.2, 0) is 0 Å². The van der Waals surface area contributed by atoms with Gasteiger partial charge in [-0.3, -0.25) is 0 Å². The van der Waals surface area contributed by atoms with Crippen LogP contribution in [0.5, 0.6) is 0 Å². The predicted molar refractivity (Wildman–Crippen MR) is 73.8 cm³/mol. The minimum Gasteiger partial charge on any atom is -0.313 e. The highest BCUT2D eigenvalue weighted by Gasteiger charge is 2.06. The van der Waals surface area contributed by atoms with Crippen LogP contribution in [0.1, 0.15) is 39.5 Å². The number of unbranched alkanes of at least 4 members (excludes halogenated alkanes) is 2. The number of rotatable bonds is 11. The van der Waals surface area contributed by atoms with Crippen LogP contribution in [-0.4, -0.2) is 25.7 Å². The second-order valence-corrected chi connectivity index (χ2v) is 4.21. The summed E-state index contributed by atoms with van der Waals surface area (Å²) in [6.07, 6.45) is 6.84. The monoisotopic (exact) mass is 224 g/mol. The number of nitrogens with one attached hydrogen (secondary N) is 2. The predicted octanol–water partition coefficient (Wildman–Crippen LogP) is 2.88. The Morgan fingerprint density at radius 1 is 1.19 bits per heavy atom. The van der Waals surface area contributed by atoms with E-state index < -0.39 is 0 Å². The average Bonchev–Trinajstić information content (AvgIpc) is 2.30. The lowest BCUT2D eigenvalue weighted by Crippen LogP contribution is -2.33. The minimum absolute atomic E-state index is 0.251. The van der Waals surface area contributed by atoms with Crippen molar-refractivity contribution in [2.45, 2.75) is 45.6 Å². The molecule has 0 rings (SSSR count). The van der Waals surface area contributed by atoms with Crippen molar-refractivity contribution in [3.8, 4) is 0 Å². The average molecular weight is 224 g/mol. The van der Waals surface area contributed by atoms with Crippen LogP contribution in [0.25, 0.3) is 0 Å². The molecule has 0 spiro atoms. The zero-order valence-electron chi connectivity index (χ0n) is 11.0. The van der Waals surface area contributed by atoms with E-state index >= 15 is 0 Å². The summed E-state index contributed by atoms with van der Waals surface area (Å²) in [5.74, 6) is 0. The number of hydrogen-bond donors (Lipinski definition) is 2. The Kier molecular flexibility index (Phi) is 10.5. The molecule has 94 valence electrons. The van der Waals surface area contributed by atoms with Crippen LogP contribution >= 0.6 is 0 Å². The fraction of sp³-hybridized carbons (Fsp3) is 0.714. The molecule has 0 aromatic rings. The summed E-state index contributed by atoms with van der Waals surface area (Å²) in [5.41, 5.74) is 1.18. The first kappa shape index (κ1) is 15.4. The molecule has 0 saturated heterocycles. The fourth-order valence-corrected chi connectivity index (χ4v) is 1.49. The summed E-state index contributed by atoms with van der Waals surface area (Å²) in [4.78, 5) is 0. The Morgan fingerprint density at radius 3 is 2.38 bits per heavy atom. The topological polar surface area (TPSA) is 24.1 Å². The van der Waals surface area contributed by atoms with E-state index in [0.29, 0.717) is 0 Å². The Morgan fingerprint density at radius 2 is 1.81 bits per heavy atom. The van der Waals surface area contributed by atoms with Crippen molar-refractivity contribution in [1.29, 1.82) is 0 Å². The van der Waals surface area contributed by atoms with Gasteiger partial charge in [-0.25, -0.2) is 0 Å². The van der Waals surface area contributed by atoms with Crippen molar-refractivity contribution < 1.29 is 0 Å². The zero-order valence-corrected chi connectivity index (χ0v) is 11.0. The molecular weight excluding hydrogens is 196 g/mol. The van der Waals surface area contributed by atoms with Crippen LogP contribution in [0, 0.1) is 0 Å². The van der Waals surface area contributed by atoms with Crippen molar-refractivity contribution in [2.75, 3.05) is 19.6 Å². The van der Waals surface area contributed by atoms with Crippen molar-refractivity contribution in [3.63, 3.8) is 0 Å². The summed E-state index contributed by atoms with van der Waals surface area (Å²) in [5, 5.41) is 6.86. The van der Waals surface area contributed by atoms with Crippen LogP contribution in [0.15, 0.2) is 24.8 Å². The molecule has 0 aliphatic heterocycles. The van der Waals surface area contributed by atoms with Crippen LogP contribution in [0.3, 0.4) is 0 Å². The molecule has 1 unspecified atom stereocenters. The molecular formula is C14H28N2. The van der Waals surface area contributed by atoms with Gasteiger partial charge >= 0.3 is 0 Å². The second-order valence-electron chi connectivity index (χ2n) is 4.21. The highest BCUT2D eigenvalue weighted by atomic mass is 14.9. The lowest BCUT2D eigenvalue weighted by molar-refractivity contribution is 0.589. The summed E-state index contributed by atoms with van der Waals surface area (Å²) in [6.45, 7) is 15.4. The van der Waals surface area contributed by atoms with Crippen molar-refractivity contribution >= 4 is 0 Å². The summed E-state index contributed by atoms with van der Waals surface area (Å²) in [6, 6.07) is 0.251. The van der Waals surface area contributed by atoms with Gasteiger partial charge in [0.15, 0.2) is 0 Å². The first-order valence-electron chi connectivity index (χ1n) is 6.50. The lowest BCUT2D eigenvalue weighted by atomic mass is 10.1. The van der Waals surface area contributed by atoms with Crippen LogP contribution in [0.4, 0.5) is 0 Å². The maximum Gasteiger partial charge on any atom is 0.0472 e. The summed E-state index contributed by atoms with van der Waals surface area (Å²) in [7, 11) is 0. The summed E-state index contributed by atoms with van der Waals surface area (Å²) < 4.78 is 0. The molecule has 16 heavy (non-hydrogen) atoms. The van der Waals surface area contributed by atoms with E-state index in [1.54, 1.807) is 0 Å². The van der Waals surface area contributed by atoms with Crippen LogP contribution in [0.2, 0.25) is 0 Å². The molecule has 0 heterocycles. The van der Waals surface area contributed by atoms with E-state index in [1.807, 2.05) is 6.08 Å². The Bertz CT molecular complexity index is 187. The third kappa shape index (κ3) is 7.66. The molecule has 0 aromatic carbocycles. The Labute approximate surface area is 101 Å². The van der Waals surface area contributed by atoms with Gasteiger partial charge in [-0.1, -0.05) is 39.3 Å². The normalized spacial score (nSPS) is 12.4. The smallest absolute Gasteiger partial charge is 0.0472 e. The van der Waals surface area contributed by atoms with E-state index in [2.05, 4.69) is 37.6 Å². The van der Waals surface area contributed by atoms with Crippen molar-refractivity contribution in [1.82, 2.24) is 10.6 Å². The molecule has 2 N–H and O–H groups in total. The van der Waals surface area contributed by atoms with Gasteiger partial charge in [0.05, 0.1) is 0 Å². The molecule has 0 aliphatic rings. The quantitative estimate of drug-likeness (QED) is 0.416. The third-order valence-corrected chi connectivity index (χ3v) is 2.63. The Hall–Kier alpha value is -0.600. The fourth-order valence-electron chi connectivity index (χ4n) is 1.49. The molecule has 0 bridgehead atoms. The molecule has 0 saturated carbocycles. The van der Waals surface area contributed by atoms with Crippen LogP contribution < -0.4 is 10.6 Å². The number of hydrogen-bond acceptors (Lipinski definition) is 2. The minimum atomic E-state index is 0.251. The first-order valence-corrected chi connectivity index (χ1v) is 6.50. The molecule has 0 amide bonds. The molecule has 0 aliphatic carbocycles. The SMILES string of the molecule is C=CC(NCCCC)C(=C)CNCCCC. The highest BCUT2D eigenvalue weighted by molar-refractivity contribution is 5.14. The van der Waals surface area contributed by atoms with Gasteiger partial charge in [0, 0.05) is 12.6 Å². The maximum atomic E-state index is 4.11. The van der Waals surface area contributed by atoms with E-state index in [-0.39, 0.29) is 6.04 Å². The Balaban J connectivity index is 3.69. The molecule has 2 nitrogen and oxygen atoms in total. The van der Waals surface area contributed by atoms with Gasteiger partial charge in [0.25, 0.3) is 0 Å². The van der Waals surface area contributed by atoms with E-state index in [1.165, 1.54) is 31.3 Å². The van der Waals surface area contributed by atoms with Gasteiger partial charge in [-0.15, -0.1) is 6.58 Å². The van der Waals surface area contributed by atoms with E-state index in [4.69, 9.17) is 0 Å².